The number of nitrogens with zero attached hydrogens (tertiary/aromatic N) is 2. The summed E-state index contributed by atoms with van der Waals surface area (Å²) in [6.45, 7) is 5.25. The molecule has 9 nitrogen and oxygen atoms in total. The van der Waals surface area contributed by atoms with Gasteiger partial charge in [0.15, 0.2) is 11.5 Å². The smallest absolute Gasteiger partial charge is 0.264 e. The van der Waals surface area contributed by atoms with Crippen LogP contribution in [0.2, 0.25) is 5.02 Å². The Morgan fingerprint density at radius 3 is 2.11 bits per heavy atom. The molecule has 2 amide bonds. The van der Waals surface area contributed by atoms with Crippen molar-refractivity contribution in [2.24, 2.45) is 0 Å². The Bertz CT molecular complexity index is 1800. The SMILES string of the molecule is CCNC(=O)[C@@H](Cc1ccccc1)N(Cc1ccccc1Cl)C(=O)CN(c1cc(C)cc(C)c1)S(=O)(=O)c1ccc(OC)c(OC)c1. The maximum Gasteiger partial charge on any atom is 0.264 e. The van der Waals surface area contributed by atoms with E-state index in [1.807, 2.05) is 50.2 Å². The van der Waals surface area contributed by atoms with Gasteiger partial charge in [-0.2, -0.15) is 0 Å². The van der Waals surface area contributed by atoms with E-state index in [2.05, 4.69) is 5.32 Å². The molecule has 1 N–H and O–H groups in total. The summed E-state index contributed by atoms with van der Waals surface area (Å²) in [4.78, 5) is 29.6. The minimum Gasteiger partial charge on any atom is -0.493 e. The molecule has 0 aliphatic carbocycles. The summed E-state index contributed by atoms with van der Waals surface area (Å²) in [6, 6.07) is 25.1. The predicted octanol–water partition coefficient (Wildman–Crippen LogP) is 5.95. The van der Waals surface area contributed by atoms with Crippen LogP contribution in [0, 0.1) is 13.8 Å². The van der Waals surface area contributed by atoms with Gasteiger partial charge >= 0.3 is 0 Å². The minimum absolute atomic E-state index is 0.0236. The van der Waals surface area contributed by atoms with Crippen LogP contribution in [0.15, 0.2) is 95.9 Å². The van der Waals surface area contributed by atoms with E-state index in [9.17, 15) is 18.0 Å². The van der Waals surface area contributed by atoms with Gasteiger partial charge in [-0.15, -0.1) is 0 Å². The second kappa shape index (κ2) is 15.8. The van der Waals surface area contributed by atoms with E-state index in [4.69, 9.17) is 21.1 Å². The third-order valence-corrected chi connectivity index (χ3v) is 9.78. The van der Waals surface area contributed by atoms with Crippen LogP contribution in [0.1, 0.15) is 29.2 Å². The predicted molar refractivity (Wildman–Crippen MR) is 185 cm³/mol. The first-order chi connectivity index (χ1) is 22.5. The van der Waals surface area contributed by atoms with Gasteiger partial charge in [-0.1, -0.05) is 66.2 Å². The van der Waals surface area contributed by atoms with Crippen molar-refractivity contribution in [2.75, 3.05) is 31.6 Å². The first-order valence-electron chi connectivity index (χ1n) is 15.2. The zero-order chi connectivity index (χ0) is 34.1. The van der Waals surface area contributed by atoms with Gasteiger partial charge in [0, 0.05) is 30.6 Å². The fourth-order valence-corrected chi connectivity index (χ4v) is 6.99. The number of likely N-dealkylation sites (N-methyl/N-ethyl adjacent to an activating group) is 1. The Labute approximate surface area is 282 Å². The van der Waals surface area contributed by atoms with Crippen molar-refractivity contribution < 1.29 is 27.5 Å². The molecule has 0 radical (unpaired) electrons. The fraction of sp³-hybridized carbons (Fsp3) is 0.278. The average molecular weight is 678 g/mol. The molecule has 0 saturated carbocycles. The summed E-state index contributed by atoms with van der Waals surface area (Å²) in [5, 5.41) is 3.28. The molecule has 11 heteroatoms. The number of sulfonamides is 1. The first kappa shape index (κ1) is 35.3. The van der Waals surface area contributed by atoms with Crippen LogP contribution in [0.25, 0.3) is 0 Å². The van der Waals surface area contributed by atoms with Gasteiger partial charge in [0.05, 0.1) is 24.8 Å². The highest BCUT2D eigenvalue weighted by Gasteiger charge is 2.35. The maximum atomic E-state index is 14.6. The van der Waals surface area contributed by atoms with Crippen LogP contribution in [0.3, 0.4) is 0 Å². The summed E-state index contributed by atoms with van der Waals surface area (Å²) < 4.78 is 40.7. The zero-order valence-corrected chi connectivity index (χ0v) is 28.8. The Hall–Kier alpha value is -4.54. The second-order valence-corrected chi connectivity index (χ2v) is 13.4. The number of carbonyl (C=O) groups excluding carboxylic acids is 2. The third-order valence-electron chi connectivity index (χ3n) is 7.64. The van der Waals surface area contributed by atoms with Crippen molar-refractivity contribution in [3.63, 3.8) is 0 Å². The standard InChI is InChI=1S/C36H40ClN3O6S/c1-6-38-36(42)32(21-27-12-8-7-9-13-27)39(23-28-14-10-11-15-31(28)37)35(41)24-40(29-19-25(2)18-26(3)20-29)47(43,44)30-16-17-33(45-4)34(22-30)46-5/h7-20,22,32H,6,21,23-24H2,1-5H3,(H,38,42)/t32-/m1/s1. The molecule has 47 heavy (non-hydrogen) atoms. The molecule has 0 fully saturated rings. The number of carbonyl (C=O) groups is 2. The van der Waals surface area contributed by atoms with Gasteiger partial charge in [-0.3, -0.25) is 13.9 Å². The molecule has 1 atom stereocenters. The molecule has 0 aliphatic rings. The highest BCUT2D eigenvalue weighted by atomic mass is 35.5. The molecule has 0 spiro atoms. The molecule has 0 saturated heterocycles. The third kappa shape index (κ3) is 8.64. The average Bonchev–Trinajstić information content (AvgIpc) is 3.05. The van der Waals surface area contributed by atoms with Gasteiger partial charge < -0.3 is 19.7 Å². The van der Waals surface area contributed by atoms with Crippen LogP contribution in [0.4, 0.5) is 5.69 Å². The van der Waals surface area contributed by atoms with E-state index < -0.39 is 28.5 Å². The van der Waals surface area contributed by atoms with E-state index in [1.54, 1.807) is 43.3 Å². The van der Waals surface area contributed by atoms with Gasteiger partial charge in [0.1, 0.15) is 12.6 Å². The summed E-state index contributed by atoms with van der Waals surface area (Å²) in [7, 11) is -1.47. The number of benzene rings is 4. The van der Waals surface area contributed by atoms with Crippen molar-refractivity contribution in [1.29, 1.82) is 0 Å². The molecule has 248 valence electrons. The number of aryl methyl sites for hydroxylation is 2. The lowest BCUT2D eigenvalue weighted by molar-refractivity contribution is -0.140. The van der Waals surface area contributed by atoms with Crippen molar-refractivity contribution >= 4 is 39.1 Å². The monoisotopic (exact) mass is 677 g/mol. The highest BCUT2D eigenvalue weighted by molar-refractivity contribution is 7.92. The molecule has 0 aliphatic heterocycles. The lowest BCUT2D eigenvalue weighted by Crippen LogP contribution is -2.53. The van der Waals surface area contributed by atoms with Crippen molar-refractivity contribution in [3.05, 3.63) is 118 Å². The number of hydrogen-bond donors (Lipinski definition) is 1. The molecule has 0 unspecified atom stereocenters. The molecular weight excluding hydrogens is 638 g/mol. The van der Waals surface area contributed by atoms with E-state index in [-0.39, 0.29) is 29.5 Å². The Morgan fingerprint density at radius 1 is 0.851 bits per heavy atom. The molecule has 4 aromatic rings. The number of methoxy groups -OCH3 is 2. The quantitative estimate of drug-likeness (QED) is 0.177. The molecule has 0 aromatic heterocycles. The summed E-state index contributed by atoms with van der Waals surface area (Å²) >= 11 is 6.55. The van der Waals surface area contributed by atoms with Gasteiger partial charge in [0.25, 0.3) is 10.0 Å². The first-order valence-corrected chi connectivity index (χ1v) is 17.0. The van der Waals surface area contributed by atoms with Crippen LogP contribution in [0.5, 0.6) is 11.5 Å². The molecule has 0 heterocycles. The number of nitrogens with one attached hydrogen (secondary N) is 1. The summed E-state index contributed by atoms with van der Waals surface area (Å²) in [6.07, 6.45) is 0.203. The normalized spacial score (nSPS) is 11.8. The summed E-state index contributed by atoms with van der Waals surface area (Å²) in [5.41, 5.74) is 3.39. The van der Waals surface area contributed by atoms with Crippen LogP contribution >= 0.6 is 11.6 Å². The maximum absolute atomic E-state index is 14.6. The number of rotatable bonds is 14. The minimum atomic E-state index is -4.35. The number of amides is 2. The molecule has 4 rings (SSSR count). The van der Waals surface area contributed by atoms with E-state index >= 15 is 0 Å². The molecular formula is C36H40ClN3O6S. The molecule has 0 bridgehead atoms. The Kier molecular flexibility index (Phi) is 11.9. The largest absolute Gasteiger partial charge is 0.493 e. The Balaban J connectivity index is 1.85. The lowest BCUT2D eigenvalue weighted by atomic mass is 10.0. The molecule has 4 aromatic carbocycles. The lowest BCUT2D eigenvalue weighted by Gasteiger charge is -2.34. The van der Waals surface area contributed by atoms with Crippen LogP contribution in [-0.4, -0.2) is 58.5 Å². The van der Waals surface area contributed by atoms with Crippen LogP contribution < -0.4 is 19.1 Å². The number of halogens is 1. The number of hydrogen-bond acceptors (Lipinski definition) is 6. The van der Waals surface area contributed by atoms with Crippen molar-refractivity contribution in [2.45, 2.75) is 44.7 Å². The number of ether oxygens (including phenoxy) is 2. The van der Waals surface area contributed by atoms with E-state index in [1.165, 1.54) is 37.3 Å². The van der Waals surface area contributed by atoms with E-state index in [0.717, 1.165) is 21.0 Å². The zero-order valence-electron chi connectivity index (χ0n) is 27.2. The Morgan fingerprint density at radius 2 is 1.49 bits per heavy atom. The second-order valence-electron chi connectivity index (χ2n) is 11.1. The van der Waals surface area contributed by atoms with Gasteiger partial charge in [0.2, 0.25) is 11.8 Å². The highest BCUT2D eigenvalue weighted by Crippen LogP contribution is 2.33. The van der Waals surface area contributed by atoms with Crippen molar-refractivity contribution in [3.8, 4) is 11.5 Å². The van der Waals surface area contributed by atoms with Crippen LogP contribution in [-0.2, 0) is 32.6 Å². The summed E-state index contributed by atoms with van der Waals surface area (Å²) in [5.74, 6) is -0.366. The van der Waals surface area contributed by atoms with Gasteiger partial charge in [-0.25, -0.2) is 8.42 Å². The fourth-order valence-electron chi connectivity index (χ4n) is 5.38. The number of anilines is 1. The van der Waals surface area contributed by atoms with Crippen molar-refractivity contribution in [1.82, 2.24) is 10.2 Å². The van der Waals surface area contributed by atoms with Gasteiger partial charge in [-0.05, 0) is 73.4 Å². The topological polar surface area (TPSA) is 105 Å². The van der Waals surface area contributed by atoms with E-state index in [0.29, 0.717) is 28.6 Å².